The topological polar surface area (TPSA) is 26.3 Å². The lowest BCUT2D eigenvalue weighted by atomic mass is 9.81. The molecule has 0 radical (unpaired) electrons. The minimum absolute atomic E-state index is 0.0144. The van der Waals surface area contributed by atoms with Crippen LogP contribution in [-0.4, -0.2) is 5.97 Å². The standard InChI is InChI=1S/C18H17ClO2/c1-10-6-4-5-7-13(10)14-9-16(20)21-15-8-11(2)18(19)12(3)17(14)15/h4-8,14H,9H2,1-3H3/t14-/m0/s1. The highest BCUT2D eigenvalue weighted by atomic mass is 35.5. The molecule has 0 saturated heterocycles. The van der Waals surface area contributed by atoms with Gasteiger partial charge in [0.1, 0.15) is 5.75 Å². The second-order valence-corrected chi connectivity index (χ2v) is 6.01. The second-order valence-electron chi connectivity index (χ2n) is 5.63. The molecule has 1 atom stereocenters. The Morgan fingerprint density at radius 3 is 2.57 bits per heavy atom. The summed E-state index contributed by atoms with van der Waals surface area (Å²) in [6, 6.07) is 10.0. The number of aryl methyl sites for hydroxylation is 2. The van der Waals surface area contributed by atoms with Crippen molar-refractivity contribution in [3.8, 4) is 5.75 Å². The maximum Gasteiger partial charge on any atom is 0.312 e. The van der Waals surface area contributed by atoms with Gasteiger partial charge in [0.2, 0.25) is 0 Å². The first kappa shape index (κ1) is 14.2. The molecule has 0 saturated carbocycles. The summed E-state index contributed by atoms with van der Waals surface area (Å²) in [6.45, 7) is 6.00. The minimum atomic E-state index is -0.183. The number of esters is 1. The van der Waals surface area contributed by atoms with E-state index in [0.717, 1.165) is 21.7 Å². The van der Waals surface area contributed by atoms with Crippen LogP contribution in [0.15, 0.2) is 30.3 Å². The van der Waals surface area contributed by atoms with Gasteiger partial charge in [-0.2, -0.15) is 0 Å². The summed E-state index contributed by atoms with van der Waals surface area (Å²) in [7, 11) is 0. The Hall–Kier alpha value is -1.80. The zero-order valence-electron chi connectivity index (χ0n) is 12.4. The number of carbonyl (C=O) groups is 1. The average molecular weight is 301 g/mol. The van der Waals surface area contributed by atoms with Gasteiger partial charge in [0, 0.05) is 16.5 Å². The van der Waals surface area contributed by atoms with Gasteiger partial charge in [-0.3, -0.25) is 4.79 Å². The molecule has 0 aromatic heterocycles. The molecule has 1 aliphatic rings. The van der Waals surface area contributed by atoms with Crippen molar-refractivity contribution in [2.24, 2.45) is 0 Å². The van der Waals surface area contributed by atoms with Crippen molar-refractivity contribution in [2.45, 2.75) is 33.1 Å². The Bertz CT molecular complexity index is 734. The number of benzene rings is 2. The highest BCUT2D eigenvalue weighted by molar-refractivity contribution is 6.32. The lowest BCUT2D eigenvalue weighted by molar-refractivity contribution is -0.135. The van der Waals surface area contributed by atoms with E-state index in [0.29, 0.717) is 12.2 Å². The SMILES string of the molecule is Cc1ccccc1[C@@H]1CC(=O)Oc2cc(C)c(Cl)c(C)c21. The van der Waals surface area contributed by atoms with E-state index < -0.39 is 0 Å². The van der Waals surface area contributed by atoms with Crippen molar-refractivity contribution in [1.82, 2.24) is 0 Å². The summed E-state index contributed by atoms with van der Waals surface area (Å²) >= 11 is 6.40. The van der Waals surface area contributed by atoms with Gasteiger partial charge >= 0.3 is 5.97 Å². The van der Waals surface area contributed by atoms with Crippen LogP contribution < -0.4 is 4.74 Å². The van der Waals surface area contributed by atoms with Crippen molar-refractivity contribution < 1.29 is 9.53 Å². The number of ether oxygens (including phenoxy) is 1. The zero-order chi connectivity index (χ0) is 15.1. The van der Waals surface area contributed by atoms with Crippen LogP contribution in [0.5, 0.6) is 5.75 Å². The van der Waals surface area contributed by atoms with Crippen LogP contribution in [0.4, 0.5) is 0 Å². The van der Waals surface area contributed by atoms with Crippen molar-refractivity contribution in [3.05, 3.63) is 63.2 Å². The lowest BCUT2D eigenvalue weighted by Crippen LogP contribution is -2.22. The first-order valence-corrected chi connectivity index (χ1v) is 7.42. The van der Waals surface area contributed by atoms with Crippen LogP contribution in [0.25, 0.3) is 0 Å². The Labute approximate surface area is 129 Å². The molecule has 1 heterocycles. The van der Waals surface area contributed by atoms with Gasteiger partial charge in [-0.1, -0.05) is 35.9 Å². The summed E-state index contributed by atoms with van der Waals surface area (Å²) in [5.41, 5.74) is 5.33. The molecular formula is C18H17ClO2. The third-order valence-electron chi connectivity index (χ3n) is 4.20. The van der Waals surface area contributed by atoms with E-state index in [9.17, 15) is 4.79 Å². The molecule has 0 unspecified atom stereocenters. The van der Waals surface area contributed by atoms with E-state index in [1.165, 1.54) is 11.1 Å². The monoisotopic (exact) mass is 300 g/mol. The van der Waals surface area contributed by atoms with Crippen molar-refractivity contribution >= 4 is 17.6 Å². The van der Waals surface area contributed by atoms with Crippen LogP contribution in [0.1, 0.15) is 40.2 Å². The Balaban J connectivity index is 2.25. The Morgan fingerprint density at radius 2 is 1.86 bits per heavy atom. The van der Waals surface area contributed by atoms with E-state index in [1.54, 1.807) is 0 Å². The first-order valence-electron chi connectivity index (χ1n) is 7.05. The van der Waals surface area contributed by atoms with Crippen LogP contribution in [0.2, 0.25) is 5.02 Å². The molecule has 0 fully saturated rings. The molecule has 2 aromatic rings. The maximum atomic E-state index is 12.0. The number of halogens is 1. The van der Waals surface area contributed by atoms with Gasteiger partial charge < -0.3 is 4.74 Å². The number of fused-ring (bicyclic) bond motifs is 1. The predicted octanol–water partition coefficient (Wildman–Crippen LogP) is 4.71. The van der Waals surface area contributed by atoms with Gasteiger partial charge in [0.05, 0.1) is 6.42 Å². The molecule has 21 heavy (non-hydrogen) atoms. The predicted molar refractivity (Wildman–Crippen MR) is 84.2 cm³/mol. The lowest BCUT2D eigenvalue weighted by Gasteiger charge is -2.28. The number of hydrogen-bond donors (Lipinski definition) is 0. The van der Waals surface area contributed by atoms with E-state index in [-0.39, 0.29) is 11.9 Å². The highest BCUT2D eigenvalue weighted by Crippen LogP contribution is 2.44. The molecule has 0 bridgehead atoms. The molecule has 2 aromatic carbocycles. The smallest absolute Gasteiger partial charge is 0.312 e. The number of carbonyl (C=O) groups excluding carboxylic acids is 1. The molecule has 3 rings (SSSR count). The van der Waals surface area contributed by atoms with Crippen LogP contribution in [-0.2, 0) is 4.79 Å². The molecule has 3 heteroatoms. The molecule has 0 N–H and O–H groups in total. The molecule has 0 aliphatic carbocycles. The summed E-state index contributed by atoms with van der Waals surface area (Å²) in [5.74, 6) is 0.483. The van der Waals surface area contributed by atoms with Crippen molar-refractivity contribution in [2.75, 3.05) is 0 Å². The van der Waals surface area contributed by atoms with E-state index in [2.05, 4.69) is 19.1 Å². The fourth-order valence-electron chi connectivity index (χ4n) is 3.13. The summed E-state index contributed by atoms with van der Waals surface area (Å²) in [5, 5.41) is 0.755. The van der Waals surface area contributed by atoms with E-state index in [1.807, 2.05) is 32.0 Å². The Kier molecular flexibility index (Phi) is 3.50. The second kappa shape index (κ2) is 5.19. The fourth-order valence-corrected chi connectivity index (χ4v) is 3.29. The van der Waals surface area contributed by atoms with Crippen LogP contribution >= 0.6 is 11.6 Å². The minimum Gasteiger partial charge on any atom is -0.426 e. The average Bonchev–Trinajstić information content (AvgIpc) is 2.44. The number of rotatable bonds is 1. The van der Waals surface area contributed by atoms with Gasteiger partial charge in [0.25, 0.3) is 0 Å². The quantitative estimate of drug-likeness (QED) is 0.563. The fraction of sp³-hybridized carbons (Fsp3) is 0.278. The first-order chi connectivity index (χ1) is 9.99. The van der Waals surface area contributed by atoms with Gasteiger partial charge in [-0.25, -0.2) is 0 Å². The van der Waals surface area contributed by atoms with E-state index in [4.69, 9.17) is 16.3 Å². The summed E-state index contributed by atoms with van der Waals surface area (Å²) in [4.78, 5) is 12.0. The van der Waals surface area contributed by atoms with Gasteiger partial charge in [-0.15, -0.1) is 0 Å². The van der Waals surface area contributed by atoms with Crippen LogP contribution in [0.3, 0.4) is 0 Å². The highest BCUT2D eigenvalue weighted by Gasteiger charge is 2.31. The third kappa shape index (κ3) is 2.34. The number of hydrogen-bond acceptors (Lipinski definition) is 2. The van der Waals surface area contributed by atoms with E-state index >= 15 is 0 Å². The molecular weight excluding hydrogens is 284 g/mol. The summed E-state index contributed by atoms with van der Waals surface area (Å²) in [6.07, 6.45) is 0.359. The third-order valence-corrected chi connectivity index (χ3v) is 4.78. The molecule has 108 valence electrons. The normalized spacial score (nSPS) is 17.3. The summed E-state index contributed by atoms with van der Waals surface area (Å²) < 4.78 is 5.44. The van der Waals surface area contributed by atoms with Crippen LogP contribution in [0, 0.1) is 20.8 Å². The zero-order valence-corrected chi connectivity index (χ0v) is 13.1. The Morgan fingerprint density at radius 1 is 1.14 bits per heavy atom. The van der Waals surface area contributed by atoms with Crippen molar-refractivity contribution in [1.29, 1.82) is 0 Å². The molecule has 2 nitrogen and oxygen atoms in total. The molecule has 1 aliphatic heterocycles. The molecule has 0 amide bonds. The largest absolute Gasteiger partial charge is 0.426 e. The van der Waals surface area contributed by atoms with Crippen molar-refractivity contribution in [3.63, 3.8) is 0 Å². The van der Waals surface area contributed by atoms with Gasteiger partial charge in [0.15, 0.2) is 0 Å². The molecule has 0 spiro atoms. The van der Waals surface area contributed by atoms with Gasteiger partial charge in [-0.05, 0) is 49.1 Å². The maximum absolute atomic E-state index is 12.0.